The summed E-state index contributed by atoms with van der Waals surface area (Å²) in [4.78, 5) is 13.9. The zero-order chi connectivity index (χ0) is 15.4. The Kier molecular flexibility index (Phi) is 4.24. The number of hydrogen-bond acceptors (Lipinski definition) is 1. The molecule has 0 aliphatic rings. The maximum absolute atomic E-state index is 13.9. The molecule has 0 aliphatic carbocycles. The molecule has 0 aromatic heterocycles. The molecule has 3 heteroatoms. The number of aromatic hydroxyl groups is 1. The van der Waals surface area contributed by atoms with Crippen LogP contribution in [0.15, 0.2) is 84.9 Å². The Balaban J connectivity index is 2.10. The molecule has 0 atom stereocenters. The fraction of sp³-hybridized carbons (Fsp3) is 0.0526. The second kappa shape index (κ2) is 6.31. The van der Waals surface area contributed by atoms with E-state index in [9.17, 15) is 10.00 Å². The molecule has 0 saturated carbocycles. The Bertz CT molecular complexity index is 702. The van der Waals surface area contributed by atoms with Crippen LogP contribution in [0.1, 0.15) is 5.56 Å². The van der Waals surface area contributed by atoms with Gasteiger partial charge in [-0.05, 0) is 0 Å². The topological polar surface area (TPSA) is 40.1 Å². The molecule has 0 spiro atoms. The van der Waals surface area contributed by atoms with E-state index in [2.05, 4.69) is 0 Å². The third kappa shape index (κ3) is 2.89. The van der Waals surface area contributed by atoms with Crippen LogP contribution < -0.4 is 10.6 Å². The van der Waals surface area contributed by atoms with Gasteiger partial charge in [0.25, 0.3) is 0 Å². The van der Waals surface area contributed by atoms with Crippen LogP contribution in [0.2, 0.25) is 0 Å². The summed E-state index contributed by atoms with van der Waals surface area (Å²) >= 11 is 0. The maximum atomic E-state index is 13.9. The first-order chi connectivity index (χ1) is 10.7. The van der Waals surface area contributed by atoms with Gasteiger partial charge in [-0.2, -0.15) is 0 Å². The molecule has 3 aromatic rings. The Labute approximate surface area is 131 Å². The molecule has 0 unspecified atom stereocenters. The van der Waals surface area contributed by atoms with E-state index in [-0.39, 0.29) is 5.75 Å². The molecular formula is C19H18O2P. The normalized spacial score (nSPS) is 12.0. The third-order valence-corrected chi connectivity index (χ3v) is 7.32. The molecule has 0 heterocycles. The van der Waals surface area contributed by atoms with Crippen LogP contribution in [0.4, 0.5) is 0 Å². The molecule has 0 amide bonds. The van der Waals surface area contributed by atoms with Gasteiger partial charge in [0.2, 0.25) is 0 Å². The number of phenols is 1. The van der Waals surface area contributed by atoms with Crippen LogP contribution in [-0.4, -0.2) is 5.11 Å². The third-order valence-electron chi connectivity index (χ3n) is 3.91. The standard InChI is InChI=1S/C19H18O2P/c20-19-14-8-7-9-16(19)15-22(21,17-10-3-1-4-11-17)18-12-5-2-6-13-18/h1-14,20,22H,15H2. The van der Waals surface area contributed by atoms with Crippen molar-refractivity contribution >= 4 is 18.1 Å². The molecule has 0 aliphatic heterocycles. The van der Waals surface area contributed by atoms with Gasteiger partial charge in [0.1, 0.15) is 0 Å². The quantitative estimate of drug-likeness (QED) is 0.734. The first-order valence-corrected chi connectivity index (χ1v) is 9.40. The van der Waals surface area contributed by atoms with Gasteiger partial charge in [-0.3, -0.25) is 0 Å². The predicted octanol–water partition coefficient (Wildman–Crippen LogP) is 3.64. The van der Waals surface area contributed by atoms with Crippen molar-refractivity contribution in [3.05, 3.63) is 90.5 Å². The second-order valence-electron chi connectivity index (χ2n) is 5.36. The number of benzene rings is 3. The van der Waals surface area contributed by atoms with Crippen molar-refractivity contribution in [1.29, 1.82) is 0 Å². The molecule has 1 N–H and O–H groups in total. The van der Waals surface area contributed by atoms with Crippen molar-refractivity contribution in [2.24, 2.45) is 0 Å². The Morgan fingerprint density at radius 2 is 1.14 bits per heavy atom. The second-order valence-corrected chi connectivity index (χ2v) is 8.53. The van der Waals surface area contributed by atoms with Gasteiger partial charge in [0.15, 0.2) is 0 Å². The van der Waals surface area contributed by atoms with E-state index in [1.54, 1.807) is 12.1 Å². The van der Waals surface area contributed by atoms with Crippen molar-refractivity contribution in [3.8, 4) is 5.75 Å². The number of rotatable bonds is 4. The average Bonchev–Trinajstić information content (AvgIpc) is 2.58. The number of hydrogen-bond donors (Lipinski definition) is 1. The average molecular weight is 309 g/mol. The summed E-state index contributed by atoms with van der Waals surface area (Å²) in [6.07, 6.45) is 0.341. The first-order valence-electron chi connectivity index (χ1n) is 7.28. The summed E-state index contributed by atoms with van der Waals surface area (Å²) in [5.41, 5.74) is 0.719. The van der Waals surface area contributed by atoms with Gasteiger partial charge in [0.05, 0.1) is 0 Å². The summed E-state index contributed by atoms with van der Waals surface area (Å²) < 4.78 is 0. The molecule has 0 saturated heterocycles. The summed E-state index contributed by atoms with van der Waals surface area (Å²) in [6, 6.07) is 26.2. The molecule has 0 fully saturated rings. The molecule has 22 heavy (non-hydrogen) atoms. The van der Waals surface area contributed by atoms with Crippen LogP contribution in [0.3, 0.4) is 0 Å². The summed E-state index contributed by atoms with van der Waals surface area (Å²) in [5, 5.41) is 11.7. The van der Waals surface area contributed by atoms with E-state index in [1.807, 2.05) is 72.8 Å². The fourth-order valence-corrected chi connectivity index (χ4v) is 5.75. The van der Waals surface area contributed by atoms with Gasteiger partial charge in [-0.15, -0.1) is 0 Å². The van der Waals surface area contributed by atoms with E-state index < -0.39 is 7.49 Å². The molecule has 1 radical (unpaired) electrons. The molecule has 0 bridgehead atoms. The molecule has 3 rings (SSSR count). The first kappa shape index (κ1) is 14.8. The summed E-state index contributed by atoms with van der Waals surface area (Å²) in [6.45, 7) is 0. The van der Waals surface area contributed by atoms with Gasteiger partial charge < -0.3 is 0 Å². The Hall–Kier alpha value is -2.15. The van der Waals surface area contributed by atoms with E-state index in [0.29, 0.717) is 6.16 Å². The van der Waals surface area contributed by atoms with Crippen LogP contribution >= 0.6 is 7.49 Å². The van der Waals surface area contributed by atoms with Crippen molar-refractivity contribution in [3.63, 3.8) is 0 Å². The van der Waals surface area contributed by atoms with Crippen molar-refractivity contribution in [2.75, 3.05) is 0 Å². The minimum atomic E-state index is -3.18. The van der Waals surface area contributed by atoms with E-state index in [1.165, 1.54) is 0 Å². The van der Waals surface area contributed by atoms with Crippen molar-refractivity contribution in [2.45, 2.75) is 6.16 Å². The number of phenolic OH excluding ortho intramolecular Hbond substituents is 1. The van der Waals surface area contributed by atoms with Gasteiger partial charge >= 0.3 is 131 Å². The number of para-hydroxylation sites is 1. The Morgan fingerprint density at radius 1 is 0.682 bits per heavy atom. The van der Waals surface area contributed by atoms with Crippen LogP contribution in [0.5, 0.6) is 5.75 Å². The molecule has 2 nitrogen and oxygen atoms in total. The van der Waals surface area contributed by atoms with Crippen molar-refractivity contribution < 1.29 is 10.00 Å². The van der Waals surface area contributed by atoms with Gasteiger partial charge in [0, 0.05) is 0 Å². The van der Waals surface area contributed by atoms with Gasteiger partial charge in [-0.25, -0.2) is 0 Å². The fourth-order valence-electron chi connectivity index (χ4n) is 2.71. The zero-order valence-corrected chi connectivity index (χ0v) is 13.1. The molecule has 111 valence electrons. The van der Waals surface area contributed by atoms with Crippen LogP contribution in [0.25, 0.3) is 0 Å². The summed E-state index contributed by atoms with van der Waals surface area (Å²) in [7, 11) is -3.18. The Morgan fingerprint density at radius 3 is 1.64 bits per heavy atom. The van der Waals surface area contributed by atoms with E-state index in [0.717, 1.165) is 16.2 Å². The molecular weight excluding hydrogens is 291 g/mol. The van der Waals surface area contributed by atoms with Crippen LogP contribution in [-0.2, 0) is 11.1 Å². The van der Waals surface area contributed by atoms with Crippen LogP contribution in [0, 0.1) is 0 Å². The van der Waals surface area contributed by atoms with E-state index in [4.69, 9.17) is 0 Å². The molecule has 3 aromatic carbocycles. The monoisotopic (exact) mass is 309 g/mol. The van der Waals surface area contributed by atoms with Gasteiger partial charge in [-0.1, -0.05) is 0 Å². The minimum absolute atomic E-state index is 0.196. The zero-order valence-electron chi connectivity index (χ0n) is 12.1. The predicted molar refractivity (Wildman–Crippen MR) is 93.0 cm³/mol. The van der Waals surface area contributed by atoms with E-state index >= 15 is 0 Å². The SMILES string of the molecule is [O][PH](Cc1ccccc1O)(c1ccccc1)c1ccccc1. The van der Waals surface area contributed by atoms with Crippen molar-refractivity contribution in [1.82, 2.24) is 0 Å². The summed E-state index contributed by atoms with van der Waals surface area (Å²) in [5.74, 6) is 0.196.